The fourth-order valence-corrected chi connectivity index (χ4v) is 1.59. The summed E-state index contributed by atoms with van der Waals surface area (Å²) in [6.45, 7) is 0.594. The highest BCUT2D eigenvalue weighted by Crippen LogP contribution is 2.34. The van der Waals surface area contributed by atoms with E-state index in [1.165, 1.54) is 6.07 Å². The Morgan fingerprint density at radius 2 is 2.31 bits per heavy atom. The van der Waals surface area contributed by atoms with Crippen molar-refractivity contribution in [2.75, 3.05) is 13.7 Å². The lowest BCUT2D eigenvalue weighted by molar-refractivity contribution is 0.267. The van der Waals surface area contributed by atoms with Gasteiger partial charge in [-0.05, 0) is 25.0 Å². The summed E-state index contributed by atoms with van der Waals surface area (Å²) < 4.78 is 23.6. The predicted molar refractivity (Wildman–Crippen MR) is 46.8 cm³/mol. The van der Waals surface area contributed by atoms with E-state index >= 15 is 0 Å². The van der Waals surface area contributed by atoms with Crippen molar-refractivity contribution in [3.8, 4) is 11.5 Å². The van der Waals surface area contributed by atoms with Crippen molar-refractivity contribution >= 4 is 0 Å². The number of hydrogen-bond donors (Lipinski definition) is 0. The first-order valence-electron chi connectivity index (χ1n) is 4.31. The molecule has 3 heteroatoms. The molecule has 0 atom stereocenters. The number of methoxy groups -OCH3 is 1. The van der Waals surface area contributed by atoms with Gasteiger partial charge in [-0.25, -0.2) is 4.39 Å². The number of benzene rings is 1. The molecule has 0 aromatic heterocycles. The normalized spacial score (nSPS) is 14.6. The molecule has 0 amide bonds. The standard InChI is InChI=1S/C10H11FO2/c1-12-9-5-4-8(11)10-7(9)3-2-6-13-10/h4-5H,2-3,6H2,1H3. The molecule has 13 heavy (non-hydrogen) atoms. The summed E-state index contributed by atoms with van der Waals surface area (Å²) in [5, 5.41) is 0. The number of halogens is 1. The monoisotopic (exact) mass is 182 g/mol. The molecule has 0 spiro atoms. The van der Waals surface area contributed by atoms with Gasteiger partial charge in [0.05, 0.1) is 13.7 Å². The molecule has 0 fully saturated rings. The van der Waals surface area contributed by atoms with E-state index in [-0.39, 0.29) is 5.82 Å². The summed E-state index contributed by atoms with van der Waals surface area (Å²) in [5.41, 5.74) is 0.855. The molecule has 2 nitrogen and oxygen atoms in total. The van der Waals surface area contributed by atoms with Crippen LogP contribution >= 0.6 is 0 Å². The van der Waals surface area contributed by atoms with E-state index in [0.29, 0.717) is 12.4 Å². The van der Waals surface area contributed by atoms with Crippen LogP contribution in [0.5, 0.6) is 11.5 Å². The molecule has 0 radical (unpaired) electrons. The Morgan fingerprint density at radius 1 is 1.46 bits per heavy atom. The van der Waals surface area contributed by atoms with Crippen LogP contribution in [0.1, 0.15) is 12.0 Å². The van der Waals surface area contributed by atoms with Crippen LogP contribution in [0.3, 0.4) is 0 Å². The number of fused-ring (bicyclic) bond motifs is 1. The Labute approximate surface area is 76.3 Å². The largest absolute Gasteiger partial charge is 0.496 e. The summed E-state index contributed by atoms with van der Waals surface area (Å²) in [6.07, 6.45) is 1.75. The Morgan fingerprint density at radius 3 is 3.08 bits per heavy atom. The lowest BCUT2D eigenvalue weighted by Gasteiger charge is -2.19. The third kappa shape index (κ3) is 1.34. The molecule has 0 saturated heterocycles. The lowest BCUT2D eigenvalue weighted by Crippen LogP contribution is -2.11. The first-order chi connectivity index (χ1) is 6.33. The highest BCUT2D eigenvalue weighted by Gasteiger charge is 2.18. The van der Waals surface area contributed by atoms with Crippen molar-refractivity contribution in [2.24, 2.45) is 0 Å². The van der Waals surface area contributed by atoms with Crippen molar-refractivity contribution in [2.45, 2.75) is 12.8 Å². The number of ether oxygens (including phenoxy) is 2. The average Bonchev–Trinajstić information content (AvgIpc) is 2.19. The van der Waals surface area contributed by atoms with Crippen molar-refractivity contribution in [3.05, 3.63) is 23.5 Å². The topological polar surface area (TPSA) is 18.5 Å². The van der Waals surface area contributed by atoms with Gasteiger partial charge in [-0.2, -0.15) is 0 Å². The lowest BCUT2D eigenvalue weighted by atomic mass is 10.1. The van der Waals surface area contributed by atoms with Gasteiger partial charge in [0.15, 0.2) is 11.6 Å². The average molecular weight is 182 g/mol. The Hall–Kier alpha value is -1.25. The molecule has 2 rings (SSSR count). The minimum absolute atomic E-state index is 0.296. The molecule has 1 aromatic carbocycles. The second-order valence-corrected chi connectivity index (χ2v) is 3.01. The highest BCUT2D eigenvalue weighted by molar-refractivity contribution is 5.46. The summed E-state index contributed by atoms with van der Waals surface area (Å²) in [5.74, 6) is 0.789. The maximum absolute atomic E-state index is 13.2. The minimum atomic E-state index is -0.296. The van der Waals surface area contributed by atoms with Crippen LogP contribution in [0.2, 0.25) is 0 Å². The molecular weight excluding hydrogens is 171 g/mol. The third-order valence-electron chi connectivity index (χ3n) is 2.21. The van der Waals surface area contributed by atoms with E-state index < -0.39 is 0 Å². The van der Waals surface area contributed by atoms with E-state index in [1.807, 2.05) is 0 Å². The molecule has 1 aliphatic rings. The van der Waals surface area contributed by atoms with Gasteiger partial charge in [0.1, 0.15) is 5.75 Å². The zero-order chi connectivity index (χ0) is 9.26. The molecule has 1 heterocycles. The fourth-order valence-electron chi connectivity index (χ4n) is 1.59. The van der Waals surface area contributed by atoms with E-state index in [1.54, 1.807) is 13.2 Å². The Balaban J connectivity index is 2.52. The first-order valence-corrected chi connectivity index (χ1v) is 4.31. The van der Waals surface area contributed by atoms with Gasteiger partial charge in [-0.15, -0.1) is 0 Å². The molecule has 0 saturated carbocycles. The van der Waals surface area contributed by atoms with Crippen molar-refractivity contribution in [3.63, 3.8) is 0 Å². The van der Waals surface area contributed by atoms with Gasteiger partial charge in [0, 0.05) is 5.56 Å². The second-order valence-electron chi connectivity index (χ2n) is 3.01. The van der Waals surface area contributed by atoms with Crippen LogP contribution in [0.4, 0.5) is 4.39 Å². The third-order valence-corrected chi connectivity index (χ3v) is 2.21. The molecule has 1 aromatic rings. The Kier molecular flexibility index (Phi) is 2.08. The number of hydrogen-bond acceptors (Lipinski definition) is 2. The van der Waals surface area contributed by atoms with Crippen molar-refractivity contribution in [1.29, 1.82) is 0 Å². The van der Waals surface area contributed by atoms with Crippen molar-refractivity contribution in [1.82, 2.24) is 0 Å². The quantitative estimate of drug-likeness (QED) is 0.662. The van der Waals surface area contributed by atoms with Gasteiger partial charge in [0.2, 0.25) is 0 Å². The van der Waals surface area contributed by atoms with Gasteiger partial charge in [0.25, 0.3) is 0 Å². The molecule has 0 bridgehead atoms. The fraction of sp³-hybridized carbons (Fsp3) is 0.400. The molecule has 0 aliphatic carbocycles. The van der Waals surface area contributed by atoms with Crippen LogP contribution in [0.25, 0.3) is 0 Å². The van der Waals surface area contributed by atoms with E-state index in [0.717, 1.165) is 24.2 Å². The zero-order valence-corrected chi connectivity index (χ0v) is 7.47. The van der Waals surface area contributed by atoms with Crippen LogP contribution in [-0.2, 0) is 6.42 Å². The molecule has 0 unspecified atom stereocenters. The maximum atomic E-state index is 13.2. The summed E-state index contributed by atoms with van der Waals surface area (Å²) in [7, 11) is 1.59. The van der Waals surface area contributed by atoms with Crippen molar-refractivity contribution < 1.29 is 13.9 Å². The van der Waals surface area contributed by atoms with E-state index in [9.17, 15) is 4.39 Å². The Bertz CT molecular complexity index is 323. The summed E-state index contributed by atoms with van der Waals surface area (Å²) in [4.78, 5) is 0. The first kappa shape index (κ1) is 8.35. The van der Waals surface area contributed by atoms with Gasteiger partial charge in [-0.3, -0.25) is 0 Å². The van der Waals surface area contributed by atoms with Crippen LogP contribution in [-0.4, -0.2) is 13.7 Å². The van der Waals surface area contributed by atoms with Gasteiger partial charge in [-0.1, -0.05) is 0 Å². The highest BCUT2D eigenvalue weighted by atomic mass is 19.1. The van der Waals surface area contributed by atoms with Crippen LogP contribution in [0, 0.1) is 5.82 Å². The molecule has 0 N–H and O–H groups in total. The number of rotatable bonds is 1. The predicted octanol–water partition coefficient (Wildman–Crippen LogP) is 2.16. The molecular formula is C10H11FO2. The van der Waals surface area contributed by atoms with Gasteiger partial charge < -0.3 is 9.47 Å². The van der Waals surface area contributed by atoms with E-state index in [2.05, 4.69) is 0 Å². The molecule has 1 aliphatic heterocycles. The summed E-state index contributed by atoms with van der Waals surface area (Å²) >= 11 is 0. The molecule has 70 valence electrons. The van der Waals surface area contributed by atoms with Gasteiger partial charge >= 0.3 is 0 Å². The van der Waals surface area contributed by atoms with Crippen LogP contribution < -0.4 is 9.47 Å². The van der Waals surface area contributed by atoms with Crippen LogP contribution in [0.15, 0.2) is 12.1 Å². The SMILES string of the molecule is COc1ccc(F)c2c1CCCO2. The van der Waals surface area contributed by atoms with E-state index in [4.69, 9.17) is 9.47 Å². The summed E-state index contributed by atoms with van der Waals surface area (Å²) in [6, 6.07) is 3.02. The smallest absolute Gasteiger partial charge is 0.165 e. The minimum Gasteiger partial charge on any atom is -0.496 e. The zero-order valence-electron chi connectivity index (χ0n) is 7.47. The maximum Gasteiger partial charge on any atom is 0.165 e. The second kappa shape index (κ2) is 3.24.